The standard InChI is InChI=1S/C7H12N2O2/c1-3-4-11-7(10)6(5-8)9-2/h6,9H,3-4H2,1-2H3. The predicted molar refractivity (Wildman–Crippen MR) is 39.7 cm³/mol. The molecule has 0 aliphatic heterocycles. The lowest BCUT2D eigenvalue weighted by Crippen LogP contribution is -2.34. The second kappa shape index (κ2) is 5.69. The average Bonchev–Trinajstić information content (AvgIpc) is 2.03. The van der Waals surface area contributed by atoms with Crippen molar-refractivity contribution in [3.05, 3.63) is 0 Å². The third kappa shape index (κ3) is 3.58. The van der Waals surface area contributed by atoms with Crippen LogP contribution >= 0.6 is 0 Å². The summed E-state index contributed by atoms with van der Waals surface area (Å²) in [6, 6.07) is 0.943. The van der Waals surface area contributed by atoms with Gasteiger partial charge in [0.2, 0.25) is 0 Å². The van der Waals surface area contributed by atoms with Crippen molar-refractivity contribution in [1.82, 2.24) is 5.32 Å². The van der Waals surface area contributed by atoms with E-state index in [0.717, 1.165) is 6.42 Å². The molecular formula is C7H12N2O2. The summed E-state index contributed by atoms with van der Waals surface area (Å²) in [5, 5.41) is 10.9. The van der Waals surface area contributed by atoms with Gasteiger partial charge >= 0.3 is 5.97 Å². The minimum atomic E-state index is -0.832. The molecule has 0 aromatic rings. The Morgan fingerprint density at radius 3 is 2.82 bits per heavy atom. The zero-order chi connectivity index (χ0) is 8.69. The number of hydrogen-bond donors (Lipinski definition) is 1. The van der Waals surface area contributed by atoms with Crippen LogP contribution in [0.4, 0.5) is 0 Å². The van der Waals surface area contributed by atoms with Crippen molar-refractivity contribution < 1.29 is 9.53 Å². The second-order valence-electron chi connectivity index (χ2n) is 2.02. The molecule has 0 saturated heterocycles. The molecule has 0 aromatic heterocycles. The highest BCUT2D eigenvalue weighted by molar-refractivity contribution is 5.78. The number of hydrogen-bond acceptors (Lipinski definition) is 4. The molecule has 4 nitrogen and oxygen atoms in total. The fourth-order valence-corrected chi connectivity index (χ4v) is 0.521. The molecule has 0 radical (unpaired) electrons. The maximum atomic E-state index is 10.9. The first kappa shape index (κ1) is 9.92. The highest BCUT2D eigenvalue weighted by atomic mass is 16.5. The Labute approximate surface area is 66.1 Å². The number of rotatable bonds is 4. The van der Waals surface area contributed by atoms with Crippen LogP contribution in [0.2, 0.25) is 0 Å². The molecule has 0 aliphatic carbocycles. The van der Waals surface area contributed by atoms with Gasteiger partial charge in [0.1, 0.15) is 0 Å². The number of nitriles is 1. The first-order chi connectivity index (χ1) is 5.26. The summed E-state index contributed by atoms with van der Waals surface area (Å²) in [4.78, 5) is 10.9. The highest BCUT2D eigenvalue weighted by Gasteiger charge is 2.15. The molecular weight excluding hydrogens is 144 g/mol. The number of nitrogens with zero attached hydrogens (tertiary/aromatic N) is 1. The van der Waals surface area contributed by atoms with Crippen molar-refractivity contribution in [2.24, 2.45) is 0 Å². The molecule has 1 atom stereocenters. The number of carbonyl (C=O) groups is 1. The highest BCUT2D eigenvalue weighted by Crippen LogP contribution is 1.88. The molecule has 0 bridgehead atoms. The number of carbonyl (C=O) groups excluding carboxylic acids is 1. The number of likely N-dealkylation sites (N-methyl/N-ethyl adjacent to an activating group) is 1. The SMILES string of the molecule is CCCOC(=O)C(C#N)NC. The normalized spacial score (nSPS) is 11.7. The van der Waals surface area contributed by atoms with Gasteiger partial charge in [-0.2, -0.15) is 5.26 Å². The second-order valence-corrected chi connectivity index (χ2v) is 2.02. The zero-order valence-corrected chi connectivity index (χ0v) is 6.76. The summed E-state index contributed by atoms with van der Waals surface area (Å²) in [6.07, 6.45) is 0.771. The van der Waals surface area contributed by atoms with Gasteiger partial charge in [-0.1, -0.05) is 6.92 Å². The summed E-state index contributed by atoms with van der Waals surface area (Å²) < 4.78 is 4.71. The van der Waals surface area contributed by atoms with Crippen LogP contribution in [-0.4, -0.2) is 25.7 Å². The van der Waals surface area contributed by atoms with E-state index in [1.807, 2.05) is 6.92 Å². The van der Waals surface area contributed by atoms with E-state index in [9.17, 15) is 4.79 Å². The van der Waals surface area contributed by atoms with Crippen LogP contribution in [0.3, 0.4) is 0 Å². The van der Waals surface area contributed by atoms with Crippen molar-refractivity contribution >= 4 is 5.97 Å². The first-order valence-electron chi connectivity index (χ1n) is 3.49. The number of esters is 1. The van der Waals surface area contributed by atoms with Gasteiger partial charge in [0.25, 0.3) is 0 Å². The Morgan fingerprint density at radius 1 is 1.82 bits per heavy atom. The van der Waals surface area contributed by atoms with Crippen LogP contribution < -0.4 is 5.32 Å². The molecule has 4 heteroatoms. The van der Waals surface area contributed by atoms with Gasteiger partial charge in [-0.25, -0.2) is 4.79 Å². The van der Waals surface area contributed by atoms with Crippen molar-refractivity contribution in [3.8, 4) is 6.07 Å². The molecule has 1 unspecified atom stereocenters. The van der Waals surface area contributed by atoms with Crippen LogP contribution in [0.15, 0.2) is 0 Å². The van der Waals surface area contributed by atoms with E-state index in [2.05, 4.69) is 5.32 Å². The molecule has 0 aliphatic rings. The molecule has 11 heavy (non-hydrogen) atoms. The van der Waals surface area contributed by atoms with Crippen LogP contribution in [0.1, 0.15) is 13.3 Å². The summed E-state index contributed by atoms with van der Waals surface area (Å²) in [5.41, 5.74) is 0. The minimum absolute atomic E-state index is 0.374. The zero-order valence-electron chi connectivity index (χ0n) is 6.76. The molecule has 0 amide bonds. The van der Waals surface area contributed by atoms with Crippen LogP contribution in [0.25, 0.3) is 0 Å². The fraction of sp³-hybridized carbons (Fsp3) is 0.714. The fourth-order valence-electron chi connectivity index (χ4n) is 0.521. The van der Waals surface area contributed by atoms with Crippen molar-refractivity contribution in [3.63, 3.8) is 0 Å². The third-order valence-corrected chi connectivity index (χ3v) is 1.10. The van der Waals surface area contributed by atoms with Gasteiger partial charge in [0.15, 0.2) is 6.04 Å². The Bertz CT molecular complexity index is 162. The Hall–Kier alpha value is -1.08. The van der Waals surface area contributed by atoms with E-state index < -0.39 is 12.0 Å². The lowest BCUT2D eigenvalue weighted by molar-refractivity contribution is -0.144. The molecule has 0 spiro atoms. The van der Waals surface area contributed by atoms with Crippen molar-refractivity contribution in [1.29, 1.82) is 5.26 Å². The molecule has 62 valence electrons. The lowest BCUT2D eigenvalue weighted by atomic mass is 10.3. The van der Waals surface area contributed by atoms with Gasteiger partial charge in [-0.15, -0.1) is 0 Å². The Balaban J connectivity index is 3.72. The van der Waals surface area contributed by atoms with Crippen LogP contribution in [-0.2, 0) is 9.53 Å². The average molecular weight is 156 g/mol. The molecule has 0 saturated carbocycles. The van der Waals surface area contributed by atoms with Gasteiger partial charge < -0.3 is 4.74 Å². The van der Waals surface area contributed by atoms with E-state index >= 15 is 0 Å². The van der Waals surface area contributed by atoms with Crippen LogP contribution in [0, 0.1) is 11.3 Å². The summed E-state index contributed by atoms with van der Waals surface area (Å²) in [6.45, 7) is 2.27. The summed E-state index contributed by atoms with van der Waals surface area (Å²) in [5.74, 6) is -0.503. The predicted octanol–water partition coefficient (Wildman–Crippen LogP) is 0.0512. The quantitative estimate of drug-likeness (QED) is 0.584. The lowest BCUT2D eigenvalue weighted by Gasteiger charge is -2.06. The molecule has 0 fully saturated rings. The topological polar surface area (TPSA) is 62.1 Å². The van der Waals surface area contributed by atoms with E-state index in [1.54, 1.807) is 13.1 Å². The largest absolute Gasteiger partial charge is 0.464 e. The molecule has 0 aromatic carbocycles. The van der Waals surface area contributed by atoms with E-state index in [4.69, 9.17) is 10.00 Å². The van der Waals surface area contributed by atoms with Gasteiger partial charge in [-0.05, 0) is 13.5 Å². The Morgan fingerprint density at radius 2 is 2.45 bits per heavy atom. The Kier molecular flexibility index (Phi) is 5.13. The molecule has 1 N–H and O–H groups in total. The van der Waals surface area contributed by atoms with Crippen molar-refractivity contribution in [2.45, 2.75) is 19.4 Å². The van der Waals surface area contributed by atoms with Gasteiger partial charge in [0, 0.05) is 0 Å². The smallest absolute Gasteiger partial charge is 0.337 e. The van der Waals surface area contributed by atoms with Crippen molar-refractivity contribution in [2.75, 3.05) is 13.7 Å². The van der Waals surface area contributed by atoms with E-state index in [-0.39, 0.29) is 0 Å². The van der Waals surface area contributed by atoms with E-state index in [1.165, 1.54) is 0 Å². The first-order valence-corrected chi connectivity index (χ1v) is 3.49. The summed E-state index contributed by atoms with van der Waals surface area (Å²) >= 11 is 0. The molecule has 0 rings (SSSR count). The summed E-state index contributed by atoms with van der Waals surface area (Å²) in [7, 11) is 1.54. The minimum Gasteiger partial charge on any atom is -0.464 e. The van der Waals surface area contributed by atoms with E-state index in [0.29, 0.717) is 6.61 Å². The maximum absolute atomic E-state index is 10.9. The number of nitrogens with one attached hydrogen (secondary N) is 1. The van der Waals surface area contributed by atoms with Gasteiger partial charge in [0.05, 0.1) is 12.7 Å². The number of ether oxygens (including phenoxy) is 1. The monoisotopic (exact) mass is 156 g/mol. The maximum Gasteiger partial charge on any atom is 0.337 e. The van der Waals surface area contributed by atoms with Gasteiger partial charge in [-0.3, -0.25) is 5.32 Å². The van der Waals surface area contributed by atoms with Crippen LogP contribution in [0.5, 0.6) is 0 Å². The molecule has 0 heterocycles. The third-order valence-electron chi connectivity index (χ3n) is 1.10.